The van der Waals surface area contributed by atoms with Crippen molar-refractivity contribution in [2.24, 2.45) is 0 Å². The quantitative estimate of drug-likeness (QED) is 0.411. The molecule has 1 aliphatic rings. The summed E-state index contributed by atoms with van der Waals surface area (Å²) >= 11 is 3.27. The summed E-state index contributed by atoms with van der Waals surface area (Å²) in [5.74, 6) is 0.111. The third kappa shape index (κ3) is 5.60. The second-order valence-electron chi connectivity index (χ2n) is 6.65. The third-order valence-corrected chi connectivity index (χ3v) is 7.54. The fraction of sp³-hybridized carbons (Fsp3) is 0.381. The van der Waals surface area contributed by atoms with Gasteiger partial charge in [0.05, 0.1) is 23.7 Å². The molecule has 0 spiro atoms. The number of rotatable bonds is 8. The molecule has 1 aliphatic heterocycles. The van der Waals surface area contributed by atoms with E-state index in [1.165, 1.54) is 22.5 Å². The molecule has 0 aromatic heterocycles. The predicted octanol–water partition coefficient (Wildman–Crippen LogP) is 3.27. The number of hydrogen-bond donors (Lipinski definition) is 0. The van der Waals surface area contributed by atoms with Gasteiger partial charge in [0.2, 0.25) is 10.0 Å². The zero-order chi connectivity index (χ0) is 21.6. The largest absolute Gasteiger partial charge is 0.490 e. The molecule has 0 amide bonds. The summed E-state index contributed by atoms with van der Waals surface area (Å²) in [4.78, 5) is 12.4. The first-order valence-electron chi connectivity index (χ1n) is 9.68. The van der Waals surface area contributed by atoms with Crippen LogP contribution in [0.25, 0.3) is 0 Å². The molecule has 0 atom stereocenters. The van der Waals surface area contributed by atoms with Crippen LogP contribution < -0.4 is 4.74 Å². The van der Waals surface area contributed by atoms with Crippen LogP contribution in [0.2, 0.25) is 0 Å². The Hall–Kier alpha value is -1.94. The normalized spacial score (nSPS) is 15.0. The van der Waals surface area contributed by atoms with Gasteiger partial charge < -0.3 is 14.2 Å². The number of halogens is 1. The van der Waals surface area contributed by atoms with E-state index in [0.717, 1.165) is 12.0 Å². The van der Waals surface area contributed by atoms with E-state index >= 15 is 0 Å². The van der Waals surface area contributed by atoms with Crippen molar-refractivity contribution >= 4 is 31.9 Å². The molecule has 0 unspecified atom stereocenters. The highest BCUT2D eigenvalue weighted by atomic mass is 79.9. The lowest BCUT2D eigenvalue weighted by Crippen LogP contribution is -2.40. The Bertz CT molecular complexity index is 989. The van der Waals surface area contributed by atoms with E-state index in [4.69, 9.17) is 14.2 Å². The van der Waals surface area contributed by atoms with Crippen LogP contribution in [0.5, 0.6) is 5.75 Å². The maximum Gasteiger partial charge on any atom is 0.338 e. The molecule has 1 heterocycles. The first kappa shape index (κ1) is 22.7. The highest BCUT2D eigenvalue weighted by Gasteiger charge is 2.29. The van der Waals surface area contributed by atoms with Gasteiger partial charge in [0.25, 0.3) is 0 Å². The smallest absolute Gasteiger partial charge is 0.338 e. The maximum absolute atomic E-state index is 12.9. The molecule has 1 saturated heterocycles. The minimum atomic E-state index is -3.74. The Morgan fingerprint density at radius 2 is 1.90 bits per heavy atom. The molecule has 162 valence electrons. The average Bonchev–Trinajstić information content (AvgIpc) is 2.77. The number of benzene rings is 2. The highest BCUT2D eigenvalue weighted by molar-refractivity contribution is 9.10. The number of nitrogens with zero attached hydrogens (tertiary/aromatic N) is 1. The van der Waals surface area contributed by atoms with Crippen molar-refractivity contribution in [3.8, 4) is 5.75 Å². The van der Waals surface area contributed by atoms with Crippen LogP contribution in [0.3, 0.4) is 0 Å². The number of esters is 1. The Labute approximate surface area is 185 Å². The minimum absolute atomic E-state index is 0.0338. The summed E-state index contributed by atoms with van der Waals surface area (Å²) < 4.78 is 43.7. The van der Waals surface area contributed by atoms with E-state index in [0.29, 0.717) is 23.4 Å². The number of morpholine rings is 1. The zero-order valence-corrected chi connectivity index (χ0v) is 19.1. The fourth-order valence-electron chi connectivity index (χ4n) is 2.99. The number of ether oxygens (including phenoxy) is 3. The molecular formula is C21H24BrNO6S. The van der Waals surface area contributed by atoms with Crippen LogP contribution in [-0.4, -0.2) is 58.2 Å². The molecule has 0 saturated carbocycles. The number of hydrogen-bond acceptors (Lipinski definition) is 6. The molecule has 2 aromatic rings. The van der Waals surface area contributed by atoms with E-state index < -0.39 is 16.0 Å². The van der Waals surface area contributed by atoms with Crippen molar-refractivity contribution in [2.75, 3.05) is 39.5 Å². The Balaban J connectivity index is 1.61. The van der Waals surface area contributed by atoms with Crippen LogP contribution in [0.1, 0.15) is 22.8 Å². The topological polar surface area (TPSA) is 82.1 Å². The van der Waals surface area contributed by atoms with E-state index in [1.54, 1.807) is 0 Å². The van der Waals surface area contributed by atoms with E-state index in [-0.39, 0.29) is 36.8 Å². The molecule has 3 rings (SSSR count). The first-order valence-corrected chi connectivity index (χ1v) is 11.9. The first-order chi connectivity index (χ1) is 14.4. The molecule has 7 nitrogen and oxygen atoms in total. The van der Waals surface area contributed by atoms with Crippen LogP contribution in [0.15, 0.2) is 51.8 Å². The molecular weight excluding hydrogens is 474 g/mol. The van der Waals surface area contributed by atoms with Gasteiger partial charge in [-0.1, -0.05) is 19.1 Å². The summed E-state index contributed by atoms with van der Waals surface area (Å²) in [6, 6.07) is 12.1. The number of aryl methyl sites for hydroxylation is 1. The number of carbonyl (C=O) groups excluding carboxylic acids is 1. The summed E-state index contributed by atoms with van der Waals surface area (Å²) in [6.07, 6.45) is 0.908. The van der Waals surface area contributed by atoms with Gasteiger partial charge in [-0.15, -0.1) is 0 Å². The summed E-state index contributed by atoms with van der Waals surface area (Å²) in [7, 11) is -3.74. The maximum atomic E-state index is 12.9. The van der Waals surface area contributed by atoms with Crippen molar-refractivity contribution in [3.05, 3.63) is 58.1 Å². The lowest BCUT2D eigenvalue weighted by atomic mass is 10.2. The number of sulfonamides is 1. The molecule has 0 aliphatic carbocycles. The van der Waals surface area contributed by atoms with Gasteiger partial charge in [0.15, 0.2) is 0 Å². The zero-order valence-electron chi connectivity index (χ0n) is 16.7. The third-order valence-electron chi connectivity index (χ3n) is 4.65. The number of carbonyl (C=O) groups is 1. The molecule has 0 radical (unpaired) electrons. The fourth-order valence-corrected chi connectivity index (χ4v) is 5.35. The van der Waals surface area contributed by atoms with Crippen LogP contribution in [0, 0.1) is 0 Å². The van der Waals surface area contributed by atoms with Crippen molar-refractivity contribution in [1.29, 1.82) is 0 Å². The molecule has 1 fully saturated rings. The Kier molecular flexibility index (Phi) is 7.87. The Morgan fingerprint density at radius 1 is 1.13 bits per heavy atom. The van der Waals surface area contributed by atoms with Gasteiger partial charge >= 0.3 is 5.97 Å². The lowest BCUT2D eigenvalue weighted by molar-refractivity contribution is 0.0450. The van der Waals surface area contributed by atoms with Gasteiger partial charge in [-0.2, -0.15) is 4.31 Å². The van der Waals surface area contributed by atoms with Gasteiger partial charge in [-0.25, -0.2) is 13.2 Å². The second-order valence-corrected chi connectivity index (χ2v) is 9.41. The summed E-state index contributed by atoms with van der Waals surface area (Å²) in [5.41, 5.74) is 1.33. The summed E-state index contributed by atoms with van der Waals surface area (Å²) in [6.45, 7) is 3.57. The molecule has 0 N–H and O–H groups in total. The van der Waals surface area contributed by atoms with Gasteiger partial charge in [0, 0.05) is 17.6 Å². The SMILES string of the molecule is CCc1cccc(OCCOC(=O)c2ccc(Br)c(S(=O)(=O)N3CCOCC3)c2)c1. The van der Waals surface area contributed by atoms with Crippen molar-refractivity contribution in [1.82, 2.24) is 4.31 Å². The van der Waals surface area contributed by atoms with Crippen LogP contribution >= 0.6 is 15.9 Å². The average molecular weight is 498 g/mol. The standard InChI is InChI=1S/C21H24BrNO6S/c1-2-16-4-3-5-18(14-16)28-12-13-29-21(24)17-6-7-19(22)20(15-17)30(25,26)23-8-10-27-11-9-23/h3-7,14-15H,2,8-13H2,1H3. The van der Waals surface area contributed by atoms with Gasteiger partial charge in [-0.3, -0.25) is 0 Å². The lowest BCUT2D eigenvalue weighted by Gasteiger charge is -2.26. The van der Waals surface area contributed by atoms with E-state index in [1.807, 2.05) is 24.3 Å². The van der Waals surface area contributed by atoms with Crippen molar-refractivity contribution in [2.45, 2.75) is 18.2 Å². The van der Waals surface area contributed by atoms with Gasteiger partial charge in [-0.05, 0) is 58.2 Å². The Morgan fingerprint density at radius 3 is 2.63 bits per heavy atom. The molecule has 2 aromatic carbocycles. The molecule has 0 bridgehead atoms. The van der Waals surface area contributed by atoms with E-state index in [2.05, 4.69) is 22.9 Å². The molecule has 9 heteroatoms. The second kappa shape index (κ2) is 10.4. The highest BCUT2D eigenvalue weighted by Crippen LogP contribution is 2.27. The predicted molar refractivity (Wildman–Crippen MR) is 115 cm³/mol. The monoisotopic (exact) mass is 497 g/mol. The van der Waals surface area contributed by atoms with Crippen LogP contribution in [-0.2, 0) is 25.9 Å². The van der Waals surface area contributed by atoms with Crippen LogP contribution in [0.4, 0.5) is 0 Å². The minimum Gasteiger partial charge on any atom is -0.490 e. The summed E-state index contributed by atoms with van der Waals surface area (Å²) in [5, 5.41) is 0. The van der Waals surface area contributed by atoms with Crippen molar-refractivity contribution < 1.29 is 27.4 Å². The van der Waals surface area contributed by atoms with E-state index in [9.17, 15) is 13.2 Å². The van der Waals surface area contributed by atoms with Crippen molar-refractivity contribution in [3.63, 3.8) is 0 Å². The molecule has 30 heavy (non-hydrogen) atoms. The van der Waals surface area contributed by atoms with Gasteiger partial charge in [0.1, 0.15) is 19.0 Å².